The van der Waals surface area contributed by atoms with E-state index < -0.39 is 30.7 Å². The number of aromatic nitrogens is 1. The van der Waals surface area contributed by atoms with Crippen LogP contribution in [0, 0.1) is 0 Å². The topological polar surface area (TPSA) is 124 Å². The van der Waals surface area contributed by atoms with Gasteiger partial charge in [-0.3, -0.25) is 0 Å². The molecule has 9 nitrogen and oxygen atoms in total. The molecule has 0 unspecified atom stereocenters. The molecule has 3 heterocycles. The Hall–Kier alpha value is -2.59. The van der Waals surface area contributed by atoms with Crippen LogP contribution < -0.4 is 14.2 Å². The van der Waals surface area contributed by atoms with Gasteiger partial charge in [0.05, 0.1) is 32.0 Å². The lowest BCUT2D eigenvalue weighted by atomic mass is 10.00. The number of benzene rings is 1. The molecular weight excluding hydrogens is 370 g/mol. The van der Waals surface area contributed by atoms with Crippen molar-refractivity contribution in [2.75, 3.05) is 14.2 Å². The Bertz CT molecular complexity index is 1000. The second-order valence-electron chi connectivity index (χ2n) is 6.58. The van der Waals surface area contributed by atoms with E-state index in [0.717, 1.165) is 5.39 Å². The largest absolute Gasteiger partial charge is 0.495 e. The second-order valence-corrected chi connectivity index (χ2v) is 6.58. The maximum Gasteiger partial charge on any atom is 0.230 e. The van der Waals surface area contributed by atoms with Crippen molar-refractivity contribution in [2.45, 2.75) is 37.6 Å². The molecule has 9 heteroatoms. The molecule has 3 N–H and O–H groups in total. The molecule has 1 saturated heterocycles. The average molecular weight is 391 g/mol. The molecule has 0 saturated carbocycles. The lowest BCUT2D eigenvalue weighted by molar-refractivity contribution is -0.268. The van der Waals surface area contributed by atoms with Crippen molar-refractivity contribution in [2.24, 2.45) is 0 Å². The highest BCUT2D eigenvalue weighted by Crippen LogP contribution is 2.42. The number of ether oxygens (including phenoxy) is 4. The molecule has 4 rings (SSSR count). The first-order valence-corrected chi connectivity index (χ1v) is 8.74. The van der Waals surface area contributed by atoms with Gasteiger partial charge >= 0.3 is 0 Å². The third kappa shape index (κ3) is 2.83. The first kappa shape index (κ1) is 18.8. The third-order valence-electron chi connectivity index (χ3n) is 4.90. The molecule has 1 aromatic carbocycles. The molecule has 5 atom stereocenters. The van der Waals surface area contributed by atoms with Gasteiger partial charge in [0.1, 0.15) is 29.6 Å². The van der Waals surface area contributed by atoms with Crippen molar-refractivity contribution in [1.29, 1.82) is 0 Å². The Morgan fingerprint density at radius 1 is 0.929 bits per heavy atom. The van der Waals surface area contributed by atoms with Crippen molar-refractivity contribution < 1.29 is 38.7 Å². The average Bonchev–Trinajstić information content (AvgIpc) is 3.16. The standard InChI is InChI=1S/C19H21NO8/c1-8-13(21)14(22)15(23)19(27-8)28-11-5-4-9-12(17(11)25-3)20-18-10(6-7-26-18)16(9)24-2/h4-8,13-15,19,21-23H,1-3H3/t8-,13-,14+,15+,19-/m0/s1. The molecule has 0 spiro atoms. The molecule has 150 valence electrons. The minimum atomic E-state index is -1.44. The van der Waals surface area contributed by atoms with Crippen LogP contribution in [0.1, 0.15) is 6.92 Å². The first-order chi connectivity index (χ1) is 13.5. The van der Waals surface area contributed by atoms with E-state index in [1.165, 1.54) is 13.4 Å². The Morgan fingerprint density at radius 2 is 1.68 bits per heavy atom. The second kappa shape index (κ2) is 7.10. The zero-order valence-corrected chi connectivity index (χ0v) is 15.5. The van der Waals surface area contributed by atoms with Crippen molar-refractivity contribution >= 4 is 22.0 Å². The predicted octanol–water partition coefficient (Wildman–Crippen LogP) is 1.20. The Kier molecular flexibility index (Phi) is 4.76. The summed E-state index contributed by atoms with van der Waals surface area (Å²) < 4.78 is 27.7. The van der Waals surface area contributed by atoms with Gasteiger partial charge in [0.2, 0.25) is 12.0 Å². The minimum absolute atomic E-state index is 0.246. The number of furan rings is 1. The molecule has 1 fully saturated rings. The highest BCUT2D eigenvalue weighted by Gasteiger charge is 2.43. The van der Waals surface area contributed by atoms with Crippen LogP contribution in [0.5, 0.6) is 17.2 Å². The predicted molar refractivity (Wildman–Crippen MR) is 97.6 cm³/mol. The van der Waals surface area contributed by atoms with Crippen molar-refractivity contribution in [3.63, 3.8) is 0 Å². The highest BCUT2D eigenvalue weighted by atomic mass is 16.7. The summed E-state index contributed by atoms with van der Waals surface area (Å²) in [6, 6.07) is 5.14. The van der Waals surface area contributed by atoms with E-state index in [2.05, 4.69) is 4.98 Å². The molecule has 28 heavy (non-hydrogen) atoms. The summed E-state index contributed by atoms with van der Waals surface area (Å²) in [7, 11) is 3.01. The molecular formula is C19H21NO8. The van der Waals surface area contributed by atoms with Crippen LogP contribution >= 0.6 is 0 Å². The highest BCUT2D eigenvalue weighted by molar-refractivity contribution is 6.02. The summed E-state index contributed by atoms with van der Waals surface area (Å²) in [6.45, 7) is 1.58. The van der Waals surface area contributed by atoms with Gasteiger partial charge in [0.15, 0.2) is 11.5 Å². The van der Waals surface area contributed by atoms with E-state index in [-0.39, 0.29) is 11.5 Å². The van der Waals surface area contributed by atoms with Crippen LogP contribution in [0.4, 0.5) is 0 Å². The zero-order valence-electron chi connectivity index (χ0n) is 15.5. The Labute approximate surface area is 160 Å². The summed E-state index contributed by atoms with van der Waals surface area (Å²) in [5, 5.41) is 31.4. The van der Waals surface area contributed by atoms with Crippen molar-refractivity contribution in [3.05, 3.63) is 24.5 Å². The fourth-order valence-electron chi connectivity index (χ4n) is 3.40. The van der Waals surface area contributed by atoms with Gasteiger partial charge in [0.25, 0.3) is 0 Å². The van der Waals surface area contributed by atoms with E-state index in [1.54, 1.807) is 32.2 Å². The van der Waals surface area contributed by atoms with Crippen LogP contribution in [-0.2, 0) is 4.74 Å². The van der Waals surface area contributed by atoms with Crippen LogP contribution in [0.15, 0.2) is 28.9 Å². The molecule has 3 aromatic rings. The lowest BCUT2D eigenvalue weighted by Gasteiger charge is -2.39. The first-order valence-electron chi connectivity index (χ1n) is 8.74. The number of aliphatic hydroxyl groups is 3. The minimum Gasteiger partial charge on any atom is -0.495 e. The quantitative estimate of drug-likeness (QED) is 0.602. The fraction of sp³-hybridized carbons (Fsp3) is 0.421. The number of fused-ring (bicyclic) bond motifs is 2. The van der Waals surface area contributed by atoms with Gasteiger partial charge in [-0.25, -0.2) is 4.98 Å². The Balaban J connectivity index is 1.79. The number of aliphatic hydroxyl groups excluding tert-OH is 3. The van der Waals surface area contributed by atoms with Gasteiger partial charge in [0, 0.05) is 5.39 Å². The molecule has 0 aliphatic carbocycles. The summed E-state index contributed by atoms with van der Waals surface area (Å²) in [6.07, 6.45) is -4.47. The molecule has 2 aromatic heterocycles. The Morgan fingerprint density at radius 3 is 2.39 bits per heavy atom. The number of pyridine rings is 1. The third-order valence-corrected chi connectivity index (χ3v) is 4.90. The number of hydrogen-bond donors (Lipinski definition) is 3. The van der Waals surface area contributed by atoms with Crippen LogP contribution in [0.2, 0.25) is 0 Å². The normalized spacial score (nSPS) is 27.9. The maximum atomic E-state index is 10.2. The molecule has 1 aliphatic heterocycles. The maximum absolute atomic E-state index is 10.2. The monoisotopic (exact) mass is 391 g/mol. The number of nitrogens with zero attached hydrogens (tertiary/aromatic N) is 1. The van der Waals surface area contributed by atoms with Gasteiger partial charge in [-0.15, -0.1) is 0 Å². The van der Waals surface area contributed by atoms with Crippen molar-refractivity contribution in [3.8, 4) is 17.2 Å². The molecule has 0 amide bonds. The SMILES string of the molecule is COc1c2ccoc2nc2c(OC)c(O[C@@H]3O[C@@H](C)[C@H](O)[C@@H](O)[C@H]3O)ccc12. The van der Waals surface area contributed by atoms with Gasteiger partial charge in [-0.1, -0.05) is 0 Å². The summed E-state index contributed by atoms with van der Waals surface area (Å²) in [4.78, 5) is 4.49. The smallest absolute Gasteiger partial charge is 0.230 e. The van der Waals surface area contributed by atoms with E-state index in [4.69, 9.17) is 23.4 Å². The van der Waals surface area contributed by atoms with E-state index >= 15 is 0 Å². The van der Waals surface area contributed by atoms with Gasteiger partial charge < -0.3 is 38.7 Å². The molecule has 0 bridgehead atoms. The van der Waals surface area contributed by atoms with Gasteiger partial charge in [-0.05, 0) is 25.1 Å². The fourth-order valence-corrected chi connectivity index (χ4v) is 3.40. The van der Waals surface area contributed by atoms with Gasteiger partial charge in [-0.2, -0.15) is 0 Å². The number of hydrogen-bond acceptors (Lipinski definition) is 9. The van der Waals surface area contributed by atoms with Crippen LogP contribution in [0.25, 0.3) is 22.0 Å². The number of rotatable bonds is 4. The molecule has 1 aliphatic rings. The zero-order chi connectivity index (χ0) is 20.0. The van der Waals surface area contributed by atoms with Crippen LogP contribution in [-0.4, -0.2) is 65.2 Å². The van der Waals surface area contributed by atoms with Crippen molar-refractivity contribution in [1.82, 2.24) is 4.98 Å². The lowest BCUT2D eigenvalue weighted by Crippen LogP contribution is -2.58. The number of methoxy groups -OCH3 is 2. The summed E-state index contributed by atoms with van der Waals surface area (Å²) in [5.74, 6) is 1.12. The molecule has 0 radical (unpaired) electrons. The summed E-state index contributed by atoms with van der Waals surface area (Å²) in [5.41, 5.74) is 0.819. The summed E-state index contributed by atoms with van der Waals surface area (Å²) >= 11 is 0. The van der Waals surface area contributed by atoms with Crippen LogP contribution in [0.3, 0.4) is 0 Å². The van der Waals surface area contributed by atoms with E-state index in [1.807, 2.05) is 0 Å². The van der Waals surface area contributed by atoms with E-state index in [0.29, 0.717) is 22.4 Å². The van der Waals surface area contributed by atoms with E-state index in [9.17, 15) is 15.3 Å².